The van der Waals surface area contributed by atoms with Crippen molar-refractivity contribution >= 4 is 11.5 Å². The molecule has 1 aromatic rings. The van der Waals surface area contributed by atoms with E-state index < -0.39 is 0 Å². The molecule has 0 unspecified atom stereocenters. The second-order valence-corrected chi connectivity index (χ2v) is 3.56. The van der Waals surface area contributed by atoms with Crippen LogP contribution in [0.1, 0.15) is 30.1 Å². The zero-order valence-corrected chi connectivity index (χ0v) is 7.71. The van der Waals surface area contributed by atoms with E-state index in [1.165, 1.54) is 12.8 Å². The van der Waals surface area contributed by atoms with Gasteiger partial charge in [0.05, 0.1) is 0 Å². The van der Waals surface area contributed by atoms with Crippen molar-refractivity contribution in [1.29, 1.82) is 0 Å². The molecule has 1 aliphatic carbocycles. The van der Waals surface area contributed by atoms with E-state index in [1.807, 2.05) is 24.3 Å². The molecule has 2 heteroatoms. The van der Waals surface area contributed by atoms with Gasteiger partial charge in [-0.3, -0.25) is 4.79 Å². The highest BCUT2D eigenvalue weighted by atomic mass is 16.1. The first-order chi connectivity index (χ1) is 6.25. The van der Waals surface area contributed by atoms with E-state index in [0.29, 0.717) is 6.04 Å². The molecule has 0 saturated heterocycles. The van der Waals surface area contributed by atoms with Gasteiger partial charge in [-0.15, -0.1) is 0 Å². The van der Waals surface area contributed by atoms with E-state index in [1.54, 1.807) is 6.92 Å². The molecule has 0 amide bonds. The average molecular weight is 175 g/mol. The maximum Gasteiger partial charge on any atom is 0.159 e. The van der Waals surface area contributed by atoms with Gasteiger partial charge in [0, 0.05) is 17.3 Å². The number of benzene rings is 1. The third-order valence-corrected chi connectivity index (χ3v) is 2.22. The lowest BCUT2D eigenvalue weighted by molar-refractivity contribution is 0.101. The monoisotopic (exact) mass is 175 g/mol. The zero-order valence-electron chi connectivity index (χ0n) is 7.71. The minimum atomic E-state index is 0.124. The predicted molar refractivity (Wildman–Crippen MR) is 53.1 cm³/mol. The number of carbonyl (C=O) groups excluding carboxylic acids is 1. The summed E-state index contributed by atoms with van der Waals surface area (Å²) in [7, 11) is 0. The number of hydrogen-bond acceptors (Lipinski definition) is 2. The first kappa shape index (κ1) is 8.30. The molecule has 1 N–H and O–H groups in total. The summed E-state index contributed by atoms with van der Waals surface area (Å²) in [5.74, 6) is 0.124. The van der Waals surface area contributed by atoms with Gasteiger partial charge in [-0.1, -0.05) is 12.1 Å². The van der Waals surface area contributed by atoms with Gasteiger partial charge < -0.3 is 5.32 Å². The lowest BCUT2D eigenvalue weighted by atomic mass is 10.1. The highest BCUT2D eigenvalue weighted by Crippen LogP contribution is 2.24. The summed E-state index contributed by atoms with van der Waals surface area (Å²) in [5.41, 5.74) is 1.85. The van der Waals surface area contributed by atoms with Crippen LogP contribution < -0.4 is 5.32 Å². The van der Waals surface area contributed by atoms with Crippen LogP contribution in [0.25, 0.3) is 0 Å². The largest absolute Gasteiger partial charge is 0.382 e. The summed E-state index contributed by atoms with van der Waals surface area (Å²) in [5, 5.41) is 3.36. The Morgan fingerprint density at radius 2 is 2.23 bits per heavy atom. The molecule has 0 aliphatic heterocycles. The maximum absolute atomic E-state index is 11.1. The Balaban J connectivity index is 2.15. The molecule has 13 heavy (non-hydrogen) atoms. The van der Waals surface area contributed by atoms with Gasteiger partial charge in [-0.2, -0.15) is 0 Å². The van der Waals surface area contributed by atoms with Gasteiger partial charge in [0.2, 0.25) is 0 Å². The second kappa shape index (κ2) is 3.21. The van der Waals surface area contributed by atoms with Crippen LogP contribution in [0.2, 0.25) is 0 Å². The minimum absolute atomic E-state index is 0.124. The molecule has 0 bridgehead atoms. The summed E-state index contributed by atoms with van der Waals surface area (Å²) in [6, 6.07) is 8.33. The molecule has 0 heterocycles. The molecule has 0 atom stereocenters. The molecule has 1 aliphatic rings. The van der Waals surface area contributed by atoms with Gasteiger partial charge in [0.1, 0.15) is 0 Å². The first-order valence-electron chi connectivity index (χ1n) is 4.63. The third kappa shape index (κ3) is 2.08. The Morgan fingerprint density at radius 3 is 2.85 bits per heavy atom. The Bertz CT molecular complexity index is 329. The lowest BCUT2D eigenvalue weighted by Crippen LogP contribution is -2.01. The van der Waals surface area contributed by atoms with Crippen molar-refractivity contribution in [3.63, 3.8) is 0 Å². The number of anilines is 1. The smallest absolute Gasteiger partial charge is 0.159 e. The quantitative estimate of drug-likeness (QED) is 0.715. The summed E-state index contributed by atoms with van der Waals surface area (Å²) < 4.78 is 0. The average Bonchev–Trinajstić information content (AvgIpc) is 2.89. The van der Waals surface area contributed by atoms with Gasteiger partial charge in [0.25, 0.3) is 0 Å². The molecule has 0 spiro atoms. The van der Waals surface area contributed by atoms with Crippen LogP contribution in [0.15, 0.2) is 24.3 Å². The zero-order chi connectivity index (χ0) is 9.26. The second-order valence-electron chi connectivity index (χ2n) is 3.56. The molecular weight excluding hydrogens is 162 g/mol. The van der Waals surface area contributed by atoms with Crippen LogP contribution in [-0.4, -0.2) is 11.8 Å². The summed E-state index contributed by atoms with van der Waals surface area (Å²) >= 11 is 0. The lowest BCUT2D eigenvalue weighted by Gasteiger charge is -2.04. The first-order valence-corrected chi connectivity index (χ1v) is 4.63. The van der Waals surface area contributed by atoms with E-state index >= 15 is 0 Å². The molecular formula is C11H13NO. The Labute approximate surface area is 78.0 Å². The van der Waals surface area contributed by atoms with Crippen LogP contribution in [-0.2, 0) is 0 Å². The Kier molecular flexibility index (Phi) is 2.05. The SMILES string of the molecule is CC(=O)c1cccc(NC2CC2)c1. The summed E-state index contributed by atoms with van der Waals surface area (Å²) in [6.07, 6.45) is 2.51. The van der Waals surface area contributed by atoms with Gasteiger partial charge >= 0.3 is 0 Å². The molecule has 2 rings (SSSR count). The van der Waals surface area contributed by atoms with Crippen LogP contribution >= 0.6 is 0 Å². The minimum Gasteiger partial charge on any atom is -0.382 e. The summed E-state index contributed by atoms with van der Waals surface area (Å²) in [6.45, 7) is 1.59. The number of carbonyl (C=O) groups is 1. The third-order valence-electron chi connectivity index (χ3n) is 2.22. The van der Waals surface area contributed by atoms with Crippen LogP contribution in [0, 0.1) is 0 Å². The fourth-order valence-corrected chi connectivity index (χ4v) is 1.29. The fraction of sp³-hybridized carbons (Fsp3) is 0.364. The van der Waals surface area contributed by atoms with Crippen molar-refractivity contribution in [2.24, 2.45) is 0 Å². The normalized spacial score (nSPS) is 15.5. The number of Topliss-reactive ketones (excluding diaryl/α,β-unsaturated/α-hetero) is 1. The molecule has 1 saturated carbocycles. The van der Waals surface area contributed by atoms with Crippen molar-refractivity contribution < 1.29 is 4.79 Å². The van der Waals surface area contributed by atoms with Crippen molar-refractivity contribution in [1.82, 2.24) is 0 Å². The standard InChI is InChI=1S/C11H13NO/c1-8(13)9-3-2-4-11(7-9)12-10-5-6-10/h2-4,7,10,12H,5-6H2,1H3. The predicted octanol–water partition coefficient (Wildman–Crippen LogP) is 2.46. The van der Waals surface area contributed by atoms with Gasteiger partial charge in [-0.05, 0) is 31.9 Å². The van der Waals surface area contributed by atoms with Crippen LogP contribution in [0.3, 0.4) is 0 Å². The van der Waals surface area contributed by atoms with E-state index in [0.717, 1.165) is 11.3 Å². The van der Waals surface area contributed by atoms with Crippen molar-refractivity contribution in [2.45, 2.75) is 25.8 Å². The van der Waals surface area contributed by atoms with Crippen molar-refractivity contribution in [3.05, 3.63) is 29.8 Å². The highest BCUT2D eigenvalue weighted by molar-refractivity contribution is 5.94. The van der Waals surface area contributed by atoms with Crippen LogP contribution in [0.5, 0.6) is 0 Å². The van der Waals surface area contributed by atoms with Crippen LogP contribution in [0.4, 0.5) is 5.69 Å². The molecule has 0 radical (unpaired) electrons. The Morgan fingerprint density at radius 1 is 1.46 bits per heavy atom. The highest BCUT2D eigenvalue weighted by Gasteiger charge is 2.20. The number of rotatable bonds is 3. The molecule has 0 aromatic heterocycles. The van der Waals surface area contributed by atoms with Gasteiger partial charge in [0.15, 0.2) is 5.78 Å². The molecule has 68 valence electrons. The number of ketones is 1. The van der Waals surface area contributed by atoms with E-state index in [-0.39, 0.29) is 5.78 Å². The number of hydrogen-bond donors (Lipinski definition) is 1. The summed E-state index contributed by atoms with van der Waals surface area (Å²) in [4.78, 5) is 11.1. The van der Waals surface area contributed by atoms with E-state index in [2.05, 4.69) is 5.32 Å². The topological polar surface area (TPSA) is 29.1 Å². The Hall–Kier alpha value is -1.31. The van der Waals surface area contributed by atoms with Crippen molar-refractivity contribution in [3.8, 4) is 0 Å². The van der Waals surface area contributed by atoms with Crippen molar-refractivity contribution in [2.75, 3.05) is 5.32 Å². The molecule has 1 fully saturated rings. The molecule has 1 aromatic carbocycles. The van der Waals surface area contributed by atoms with Gasteiger partial charge in [-0.25, -0.2) is 0 Å². The number of nitrogens with one attached hydrogen (secondary N) is 1. The fourth-order valence-electron chi connectivity index (χ4n) is 1.29. The van der Waals surface area contributed by atoms with E-state index in [9.17, 15) is 4.79 Å². The maximum atomic E-state index is 11.1. The van der Waals surface area contributed by atoms with E-state index in [4.69, 9.17) is 0 Å². The molecule has 2 nitrogen and oxygen atoms in total.